The summed E-state index contributed by atoms with van der Waals surface area (Å²) >= 11 is 0. The van der Waals surface area contributed by atoms with Crippen LogP contribution in [0.25, 0.3) is 11.4 Å². The number of hydrogen-bond donors (Lipinski definition) is 1. The van der Waals surface area contributed by atoms with Crippen LogP contribution in [0.5, 0.6) is 0 Å². The summed E-state index contributed by atoms with van der Waals surface area (Å²) in [6.45, 7) is 0.723. The van der Waals surface area contributed by atoms with Crippen LogP contribution in [-0.2, 0) is 13.6 Å². The summed E-state index contributed by atoms with van der Waals surface area (Å²) in [5.74, 6) is -0.480. The standard InChI is InChI=1S/C12H15N5O2/c1-16-7-13-5-9(16)11-10(12(18)19)14-15-17(11)6-8-3-2-4-8/h5,7-8H,2-4,6H2,1H3,(H,18,19). The van der Waals surface area contributed by atoms with E-state index in [0.29, 0.717) is 11.6 Å². The Labute approximate surface area is 109 Å². The Bertz CT molecular complexity index is 611. The zero-order valence-electron chi connectivity index (χ0n) is 10.7. The maximum Gasteiger partial charge on any atom is 0.358 e. The molecule has 1 aliphatic rings. The van der Waals surface area contributed by atoms with Crippen molar-refractivity contribution in [2.24, 2.45) is 13.0 Å². The van der Waals surface area contributed by atoms with Gasteiger partial charge in [-0.25, -0.2) is 14.5 Å². The van der Waals surface area contributed by atoms with E-state index in [1.807, 2.05) is 7.05 Å². The fourth-order valence-electron chi connectivity index (χ4n) is 2.34. The van der Waals surface area contributed by atoms with Crippen LogP contribution >= 0.6 is 0 Å². The third-order valence-electron chi connectivity index (χ3n) is 3.65. The summed E-state index contributed by atoms with van der Waals surface area (Å²) in [6, 6.07) is 0. The summed E-state index contributed by atoms with van der Waals surface area (Å²) < 4.78 is 3.48. The molecule has 1 fully saturated rings. The third kappa shape index (κ3) is 2.00. The minimum Gasteiger partial charge on any atom is -0.476 e. The molecule has 0 aromatic carbocycles. The first-order valence-corrected chi connectivity index (χ1v) is 6.30. The van der Waals surface area contributed by atoms with Gasteiger partial charge < -0.3 is 9.67 Å². The Hall–Kier alpha value is -2.18. The molecule has 0 spiro atoms. The highest BCUT2D eigenvalue weighted by atomic mass is 16.4. The monoisotopic (exact) mass is 261 g/mol. The fraction of sp³-hybridized carbons (Fsp3) is 0.500. The predicted molar refractivity (Wildman–Crippen MR) is 66.5 cm³/mol. The number of rotatable bonds is 4. The van der Waals surface area contributed by atoms with Crippen LogP contribution in [0.3, 0.4) is 0 Å². The highest BCUT2D eigenvalue weighted by Gasteiger charge is 2.26. The lowest BCUT2D eigenvalue weighted by Gasteiger charge is -2.25. The summed E-state index contributed by atoms with van der Waals surface area (Å²) in [5.41, 5.74) is 1.25. The SMILES string of the molecule is Cn1cncc1-c1c(C(=O)O)nnn1CC1CCC1. The van der Waals surface area contributed by atoms with E-state index < -0.39 is 5.97 Å². The number of aryl methyl sites for hydroxylation is 1. The van der Waals surface area contributed by atoms with Gasteiger partial charge in [-0.05, 0) is 18.8 Å². The molecule has 0 saturated heterocycles. The van der Waals surface area contributed by atoms with Gasteiger partial charge in [0, 0.05) is 13.6 Å². The molecule has 0 bridgehead atoms. The molecular weight excluding hydrogens is 246 g/mol. The van der Waals surface area contributed by atoms with E-state index in [2.05, 4.69) is 15.3 Å². The molecule has 0 atom stereocenters. The molecule has 2 heterocycles. The Balaban J connectivity index is 2.04. The average molecular weight is 261 g/mol. The number of carbonyl (C=O) groups is 1. The Kier molecular flexibility index (Phi) is 2.81. The van der Waals surface area contributed by atoms with Crippen molar-refractivity contribution in [2.45, 2.75) is 25.8 Å². The van der Waals surface area contributed by atoms with Gasteiger partial charge in [0.1, 0.15) is 5.69 Å². The molecule has 0 radical (unpaired) electrons. The zero-order chi connectivity index (χ0) is 13.4. The Morgan fingerprint density at radius 2 is 2.32 bits per heavy atom. The topological polar surface area (TPSA) is 85.8 Å². The maximum atomic E-state index is 11.3. The van der Waals surface area contributed by atoms with E-state index in [9.17, 15) is 9.90 Å². The van der Waals surface area contributed by atoms with Crippen molar-refractivity contribution in [3.63, 3.8) is 0 Å². The molecule has 1 N–H and O–H groups in total. The smallest absolute Gasteiger partial charge is 0.358 e. The highest BCUT2D eigenvalue weighted by molar-refractivity contribution is 5.92. The largest absolute Gasteiger partial charge is 0.476 e. The molecule has 0 unspecified atom stereocenters. The van der Waals surface area contributed by atoms with Gasteiger partial charge in [0.25, 0.3) is 0 Å². The quantitative estimate of drug-likeness (QED) is 0.893. The molecule has 100 valence electrons. The van der Waals surface area contributed by atoms with Crippen molar-refractivity contribution in [3.8, 4) is 11.4 Å². The lowest BCUT2D eigenvalue weighted by atomic mass is 9.85. The van der Waals surface area contributed by atoms with Crippen molar-refractivity contribution in [2.75, 3.05) is 0 Å². The second-order valence-electron chi connectivity index (χ2n) is 4.96. The minimum absolute atomic E-state index is 0.0112. The molecule has 7 heteroatoms. The summed E-state index contributed by atoms with van der Waals surface area (Å²) in [4.78, 5) is 15.3. The number of imidazole rings is 1. The lowest BCUT2D eigenvalue weighted by Crippen LogP contribution is -2.20. The van der Waals surface area contributed by atoms with E-state index in [1.165, 1.54) is 19.3 Å². The van der Waals surface area contributed by atoms with Crippen LogP contribution < -0.4 is 0 Å². The van der Waals surface area contributed by atoms with Gasteiger partial charge >= 0.3 is 5.97 Å². The van der Waals surface area contributed by atoms with E-state index in [0.717, 1.165) is 12.2 Å². The van der Waals surface area contributed by atoms with Gasteiger partial charge in [-0.1, -0.05) is 11.6 Å². The van der Waals surface area contributed by atoms with Crippen LogP contribution in [0.1, 0.15) is 29.8 Å². The molecule has 1 saturated carbocycles. The van der Waals surface area contributed by atoms with Gasteiger partial charge in [-0.2, -0.15) is 0 Å². The van der Waals surface area contributed by atoms with Crippen LogP contribution in [-0.4, -0.2) is 35.6 Å². The van der Waals surface area contributed by atoms with Gasteiger partial charge in [0.2, 0.25) is 0 Å². The van der Waals surface area contributed by atoms with Crippen molar-refractivity contribution in [1.29, 1.82) is 0 Å². The van der Waals surface area contributed by atoms with Crippen molar-refractivity contribution >= 4 is 5.97 Å². The van der Waals surface area contributed by atoms with Crippen molar-refractivity contribution in [3.05, 3.63) is 18.2 Å². The van der Waals surface area contributed by atoms with Gasteiger partial charge in [-0.3, -0.25) is 0 Å². The molecule has 2 aromatic rings. The van der Waals surface area contributed by atoms with E-state index in [-0.39, 0.29) is 5.69 Å². The number of aromatic carboxylic acids is 1. The van der Waals surface area contributed by atoms with E-state index >= 15 is 0 Å². The second-order valence-corrected chi connectivity index (χ2v) is 4.96. The van der Waals surface area contributed by atoms with Gasteiger partial charge in [0.15, 0.2) is 5.69 Å². The molecule has 1 aliphatic carbocycles. The Morgan fingerprint density at radius 1 is 1.53 bits per heavy atom. The molecule has 0 amide bonds. The summed E-state index contributed by atoms with van der Waals surface area (Å²) in [6.07, 6.45) is 6.87. The average Bonchev–Trinajstić information content (AvgIpc) is 2.89. The first-order chi connectivity index (χ1) is 9.16. The molecule has 7 nitrogen and oxygen atoms in total. The number of aromatic nitrogens is 5. The molecule has 3 rings (SSSR count). The highest BCUT2D eigenvalue weighted by Crippen LogP contribution is 2.30. The van der Waals surface area contributed by atoms with Gasteiger partial charge in [0.05, 0.1) is 18.2 Å². The Morgan fingerprint density at radius 3 is 2.84 bits per heavy atom. The first kappa shape index (κ1) is 11.9. The maximum absolute atomic E-state index is 11.3. The zero-order valence-corrected chi connectivity index (χ0v) is 10.7. The lowest BCUT2D eigenvalue weighted by molar-refractivity contribution is 0.0691. The van der Waals surface area contributed by atoms with Crippen molar-refractivity contribution < 1.29 is 9.90 Å². The van der Waals surface area contributed by atoms with Crippen LogP contribution in [0.15, 0.2) is 12.5 Å². The normalized spacial score (nSPS) is 15.4. The molecule has 0 aliphatic heterocycles. The van der Waals surface area contributed by atoms with Gasteiger partial charge in [-0.15, -0.1) is 5.10 Å². The number of carboxylic acid groups (broad SMARTS) is 1. The van der Waals surface area contributed by atoms with E-state index in [4.69, 9.17) is 0 Å². The second kappa shape index (κ2) is 4.49. The fourth-order valence-corrected chi connectivity index (χ4v) is 2.34. The predicted octanol–water partition coefficient (Wildman–Crippen LogP) is 1.18. The van der Waals surface area contributed by atoms with E-state index in [1.54, 1.807) is 21.8 Å². The van der Waals surface area contributed by atoms with Crippen LogP contribution in [0.2, 0.25) is 0 Å². The molecular formula is C12H15N5O2. The van der Waals surface area contributed by atoms with Crippen LogP contribution in [0.4, 0.5) is 0 Å². The van der Waals surface area contributed by atoms with Crippen LogP contribution in [0, 0.1) is 5.92 Å². The first-order valence-electron chi connectivity index (χ1n) is 6.30. The number of carboxylic acids is 1. The minimum atomic E-state index is -1.06. The third-order valence-corrected chi connectivity index (χ3v) is 3.65. The molecule has 2 aromatic heterocycles. The number of hydrogen-bond acceptors (Lipinski definition) is 4. The summed E-state index contributed by atoms with van der Waals surface area (Å²) in [7, 11) is 1.83. The van der Waals surface area contributed by atoms with Crippen molar-refractivity contribution in [1.82, 2.24) is 24.5 Å². The molecule has 19 heavy (non-hydrogen) atoms. The number of nitrogens with zero attached hydrogens (tertiary/aromatic N) is 5. The summed E-state index contributed by atoms with van der Waals surface area (Å²) in [5, 5.41) is 17.0.